The van der Waals surface area contributed by atoms with Crippen molar-refractivity contribution < 1.29 is 23.5 Å². The minimum Gasteiger partial charge on any atom is -0.449 e. The molecule has 0 saturated carbocycles. The summed E-state index contributed by atoms with van der Waals surface area (Å²) in [5.41, 5.74) is 1.12. The number of amides is 1. The minimum atomic E-state index is -1.11. The average Bonchev–Trinajstić information content (AvgIpc) is 2.57. The van der Waals surface area contributed by atoms with Crippen LogP contribution in [-0.2, 0) is 9.53 Å². The molecule has 1 amide bonds. The third-order valence-corrected chi connectivity index (χ3v) is 3.62. The summed E-state index contributed by atoms with van der Waals surface area (Å²) < 4.78 is 18.6. The summed E-state index contributed by atoms with van der Waals surface area (Å²) in [6.07, 6.45) is -1.11. The molecule has 0 heterocycles. The van der Waals surface area contributed by atoms with Gasteiger partial charge in [-0.1, -0.05) is 18.2 Å². The van der Waals surface area contributed by atoms with Crippen LogP contribution in [0, 0.1) is 12.7 Å². The molecule has 0 radical (unpaired) electrons. The van der Waals surface area contributed by atoms with Gasteiger partial charge in [0.1, 0.15) is 5.82 Å². The molecule has 0 spiro atoms. The lowest BCUT2D eigenvalue weighted by atomic mass is 10.1. The molecule has 0 aliphatic carbocycles. The second kappa shape index (κ2) is 7.70. The molecule has 5 nitrogen and oxygen atoms in total. The van der Waals surface area contributed by atoms with Gasteiger partial charge in [0.2, 0.25) is 0 Å². The molecule has 0 saturated heterocycles. The number of aryl methyl sites for hydroxylation is 1. The Kier molecular flexibility index (Phi) is 5.64. The first-order chi connectivity index (χ1) is 11.8. The number of ketones is 1. The number of ether oxygens (including phenoxy) is 1. The number of hydrogen-bond acceptors (Lipinski definition) is 4. The molecule has 25 heavy (non-hydrogen) atoms. The summed E-state index contributed by atoms with van der Waals surface area (Å²) in [5, 5.41) is 2.56. The normalized spacial score (nSPS) is 11.5. The second-order valence-electron chi connectivity index (χ2n) is 5.60. The Labute approximate surface area is 144 Å². The van der Waals surface area contributed by atoms with Gasteiger partial charge in [0, 0.05) is 5.56 Å². The van der Waals surface area contributed by atoms with Crippen molar-refractivity contribution in [1.29, 1.82) is 0 Å². The van der Waals surface area contributed by atoms with Crippen molar-refractivity contribution in [3.8, 4) is 0 Å². The molecule has 2 rings (SSSR count). The quantitative estimate of drug-likeness (QED) is 0.666. The van der Waals surface area contributed by atoms with Crippen LogP contribution in [0.5, 0.6) is 0 Å². The molecule has 0 fully saturated rings. The van der Waals surface area contributed by atoms with Crippen molar-refractivity contribution in [2.75, 3.05) is 5.32 Å². The van der Waals surface area contributed by atoms with E-state index >= 15 is 0 Å². The number of nitrogens with one attached hydrogen (secondary N) is 1. The zero-order chi connectivity index (χ0) is 18.6. The highest BCUT2D eigenvalue weighted by atomic mass is 19.1. The number of carbonyl (C=O) groups is 3. The lowest BCUT2D eigenvalue weighted by Gasteiger charge is -2.15. The molecule has 0 aromatic heterocycles. The van der Waals surface area contributed by atoms with Gasteiger partial charge < -0.3 is 10.1 Å². The Morgan fingerprint density at radius 1 is 1.12 bits per heavy atom. The number of esters is 1. The number of Topliss-reactive ketones (excluding diaryl/α,β-unsaturated/α-hetero) is 1. The smallest absolute Gasteiger partial charge is 0.339 e. The maximum atomic E-state index is 13.5. The molecule has 1 atom stereocenters. The van der Waals surface area contributed by atoms with E-state index in [2.05, 4.69) is 5.32 Å². The zero-order valence-electron chi connectivity index (χ0n) is 14.1. The monoisotopic (exact) mass is 343 g/mol. The van der Waals surface area contributed by atoms with Gasteiger partial charge in [0.05, 0.1) is 11.3 Å². The van der Waals surface area contributed by atoms with Crippen LogP contribution in [0.2, 0.25) is 0 Å². The SMILES string of the molecule is CC(=O)c1ccccc1NC(=O)[C@H](C)OC(=O)c1ccc(C)c(F)c1. The van der Waals surface area contributed by atoms with E-state index in [0.717, 1.165) is 6.07 Å². The van der Waals surface area contributed by atoms with Crippen LogP contribution >= 0.6 is 0 Å². The molecule has 2 aromatic rings. The second-order valence-corrected chi connectivity index (χ2v) is 5.60. The van der Waals surface area contributed by atoms with E-state index in [9.17, 15) is 18.8 Å². The third-order valence-electron chi connectivity index (χ3n) is 3.62. The maximum Gasteiger partial charge on any atom is 0.339 e. The number of halogens is 1. The van der Waals surface area contributed by atoms with Crippen molar-refractivity contribution in [2.24, 2.45) is 0 Å². The van der Waals surface area contributed by atoms with Crippen LogP contribution in [0.4, 0.5) is 10.1 Å². The first-order valence-electron chi connectivity index (χ1n) is 7.67. The lowest BCUT2D eigenvalue weighted by molar-refractivity contribution is -0.123. The molecule has 0 unspecified atom stereocenters. The number of benzene rings is 2. The van der Waals surface area contributed by atoms with Gasteiger partial charge in [0.15, 0.2) is 11.9 Å². The largest absolute Gasteiger partial charge is 0.449 e. The first kappa shape index (κ1) is 18.3. The molecule has 0 bridgehead atoms. The fraction of sp³-hybridized carbons (Fsp3) is 0.211. The maximum absolute atomic E-state index is 13.5. The first-order valence-corrected chi connectivity index (χ1v) is 7.67. The van der Waals surface area contributed by atoms with E-state index in [1.807, 2.05) is 0 Å². The molecule has 0 aliphatic rings. The number of hydrogen-bond donors (Lipinski definition) is 1. The van der Waals surface area contributed by atoms with E-state index < -0.39 is 23.8 Å². The van der Waals surface area contributed by atoms with Crippen LogP contribution in [0.25, 0.3) is 0 Å². The summed E-state index contributed by atoms with van der Waals surface area (Å²) in [4.78, 5) is 35.8. The Morgan fingerprint density at radius 2 is 1.80 bits per heavy atom. The molecule has 2 aromatic carbocycles. The van der Waals surface area contributed by atoms with Gasteiger partial charge in [0.25, 0.3) is 5.91 Å². The summed E-state index contributed by atoms with van der Waals surface area (Å²) in [6, 6.07) is 10.5. The van der Waals surface area contributed by atoms with Crippen LogP contribution in [-0.4, -0.2) is 23.8 Å². The predicted octanol–water partition coefficient (Wildman–Crippen LogP) is 3.52. The van der Waals surface area contributed by atoms with E-state index in [-0.39, 0.29) is 11.3 Å². The molecule has 0 aliphatic heterocycles. The van der Waals surface area contributed by atoms with Gasteiger partial charge in [-0.25, -0.2) is 9.18 Å². The van der Waals surface area contributed by atoms with E-state index in [4.69, 9.17) is 4.74 Å². The fourth-order valence-electron chi connectivity index (χ4n) is 2.14. The Hall–Kier alpha value is -3.02. The summed E-state index contributed by atoms with van der Waals surface area (Å²) in [7, 11) is 0. The summed E-state index contributed by atoms with van der Waals surface area (Å²) >= 11 is 0. The molecule has 130 valence electrons. The zero-order valence-corrected chi connectivity index (χ0v) is 14.1. The Bertz CT molecular complexity index is 832. The van der Waals surface area contributed by atoms with Crippen LogP contribution in [0.3, 0.4) is 0 Å². The molecule has 1 N–H and O–H groups in total. The molecular formula is C19H18FNO4. The van der Waals surface area contributed by atoms with Gasteiger partial charge in [-0.2, -0.15) is 0 Å². The van der Waals surface area contributed by atoms with Crippen molar-refractivity contribution >= 4 is 23.3 Å². The number of anilines is 1. The molecule has 6 heteroatoms. The number of para-hydroxylation sites is 1. The average molecular weight is 343 g/mol. The van der Waals surface area contributed by atoms with Crippen molar-refractivity contribution in [3.05, 3.63) is 65.0 Å². The highest BCUT2D eigenvalue weighted by Gasteiger charge is 2.21. The van der Waals surface area contributed by atoms with Gasteiger partial charge in [-0.05, 0) is 50.6 Å². The van der Waals surface area contributed by atoms with Crippen molar-refractivity contribution in [3.63, 3.8) is 0 Å². The summed E-state index contributed by atoms with van der Waals surface area (Å²) in [5.74, 6) is -2.12. The fourth-order valence-corrected chi connectivity index (χ4v) is 2.14. The number of rotatable bonds is 5. The predicted molar refractivity (Wildman–Crippen MR) is 91.1 cm³/mol. The number of carbonyl (C=O) groups excluding carboxylic acids is 3. The minimum absolute atomic E-state index is 0.0203. The molecular weight excluding hydrogens is 325 g/mol. The third kappa shape index (κ3) is 4.50. The standard InChI is InChI=1S/C19H18FNO4/c1-11-8-9-14(10-16(11)20)19(24)25-13(3)18(23)21-17-7-5-4-6-15(17)12(2)22/h4-10,13H,1-3H3,(H,21,23)/t13-/m0/s1. The van der Waals surface area contributed by atoms with Crippen LogP contribution in [0.15, 0.2) is 42.5 Å². The Balaban J connectivity index is 2.06. The highest BCUT2D eigenvalue weighted by molar-refractivity contribution is 6.05. The van der Waals surface area contributed by atoms with Gasteiger partial charge in [-0.15, -0.1) is 0 Å². The van der Waals surface area contributed by atoms with E-state index in [1.54, 1.807) is 31.2 Å². The highest BCUT2D eigenvalue weighted by Crippen LogP contribution is 2.17. The van der Waals surface area contributed by atoms with Crippen molar-refractivity contribution in [2.45, 2.75) is 26.9 Å². The summed E-state index contributed by atoms with van der Waals surface area (Å²) in [6.45, 7) is 4.36. The topological polar surface area (TPSA) is 72.5 Å². The van der Waals surface area contributed by atoms with Gasteiger partial charge in [-0.3, -0.25) is 9.59 Å². The van der Waals surface area contributed by atoms with Crippen molar-refractivity contribution in [1.82, 2.24) is 0 Å². The Morgan fingerprint density at radius 3 is 2.44 bits per heavy atom. The van der Waals surface area contributed by atoms with Gasteiger partial charge >= 0.3 is 5.97 Å². The van der Waals surface area contributed by atoms with E-state index in [1.165, 1.54) is 26.0 Å². The lowest BCUT2D eigenvalue weighted by Crippen LogP contribution is -2.30. The van der Waals surface area contributed by atoms with E-state index in [0.29, 0.717) is 16.8 Å². The van der Waals surface area contributed by atoms with Crippen LogP contribution < -0.4 is 5.32 Å². The van der Waals surface area contributed by atoms with Crippen LogP contribution in [0.1, 0.15) is 40.1 Å².